The molecule has 20 aromatic rings. The van der Waals surface area contributed by atoms with Gasteiger partial charge in [0.05, 0.1) is 5.41 Å². The van der Waals surface area contributed by atoms with Crippen LogP contribution in [0.2, 0.25) is 0 Å². The van der Waals surface area contributed by atoms with Crippen molar-refractivity contribution in [3.63, 3.8) is 0 Å². The van der Waals surface area contributed by atoms with Crippen LogP contribution in [0.4, 0.5) is 0 Å². The molecule has 0 saturated carbocycles. The van der Waals surface area contributed by atoms with Crippen LogP contribution in [0.5, 0.6) is 0 Å². The quantitative estimate of drug-likeness (QED) is 0.0968. The monoisotopic (exact) mass is 1540 g/mol. The molecule has 0 amide bonds. The molecule has 0 radical (unpaired) electrons. The average Bonchev–Trinajstić information content (AvgIpc) is 1.51. The lowest BCUT2D eigenvalue weighted by Gasteiger charge is -2.30. The van der Waals surface area contributed by atoms with Gasteiger partial charge in [-0.15, -0.1) is 0 Å². The standard InChI is InChI=1S/C118H77N3/c1-3-23-78(24-4-1)86-27-13-32-91(67-86)96-37-18-39-98(72-96)93-34-15-29-88(69-93)80-53-59-83(60-54-80)115-119-116(84-61-55-81(56-62-84)89-30-16-35-94(70-89)99-40-19-38-97(73-99)92-33-14-28-87(68-92)79-25-5-2-6-26-79)121-117(120-115)85-63-57-82(58-64-85)90-31-17-36-95(71-90)100-41-20-42-101(74-100)102-43-21-44-103(75-102)104-45-22-46-105(76-104)106-65-66-110-109-49-9-12-52-113(109)118(114(110)77-106)111-50-10-7-47-107(111)108-48-8-11-51-112(108)118/h1-77H. The van der Waals surface area contributed by atoms with Crippen LogP contribution in [0.15, 0.2) is 467 Å². The zero-order valence-corrected chi connectivity index (χ0v) is 66.3. The molecular formula is C118H77N3. The van der Waals surface area contributed by atoms with Gasteiger partial charge in [-0.25, -0.2) is 15.0 Å². The molecular weight excluding hydrogens is 1460 g/mol. The molecule has 2 aliphatic carbocycles. The maximum absolute atomic E-state index is 5.30. The average molecular weight is 1540 g/mol. The highest BCUT2D eigenvalue weighted by atomic mass is 15.0. The molecule has 1 spiro atoms. The molecule has 22 rings (SSSR count). The summed E-state index contributed by atoms with van der Waals surface area (Å²) in [7, 11) is 0. The van der Waals surface area contributed by atoms with Crippen molar-refractivity contribution in [3.8, 4) is 201 Å². The van der Waals surface area contributed by atoms with E-state index in [2.05, 4.69) is 467 Å². The van der Waals surface area contributed by atoms with Crippen LogP contribution < -0.4 is 0 Å². The van der Waals surface area contributed by atoms with Crippen LogP contribution >= 0.6 is 0 Å². The number of rotatable bonds is 16. The lowest BCUT2D eigenvalue weighted by atomic mass is 9.70. The molecule has 0 fully saturated rings. The van der Waals surface area contributed by atoms with Gasteiger partial charge in [0.15, 0.2) is 17.5 Å². The summed E-state index contributed by atoms with van der Waals surface area (Å²) in [5.41, 5.74) is 43.0. The Bertz CT molecular complexity index is 7070. The molecule has 1 aromatic heterocycles. The van der Waals surface area contributed by atoms with E-state index in [-0.39, 0.29) is 0 Å². The third-order valence-electron chi connectivity index (χ3n) is 24.6. The van der Waals surface area contributed by atoms with Crippen LogP contribution in [-0.4, -0.2) is 15.0 Å². The van der Waals surface area contributed by atoms with E-state index in [0.29, 0.717) is 17.5 Å². The second kappa shape index (κ2) is 30.7. The van der Waals surface area contributed by atoms with Crippen molar-refractivity contribution in [1.82, 2.24) is 15.0 Å². The summed E-state index contributed by atoms with van der Waals surface area (Å²) in [6, 6.07) is 170. The minimum atomic E-state index is -0.400. The van der Waals surface area contributed by atoms with Crippen LogP contribution in [0.1, 0.15) is 22.3 Å². The van der Waals surface area contributed by atoms with Crippen LogP contribution in [0, 0.1) is 0 Å². The molecule has 0 bridgehead atoms. The molecule has 564 valence electrons. The molecule has 3 nitrogen and oxygen atoms in total. The van der Waals surface area contributed by atoms with Gasteiger partial charge < -0.3 is 0 Å². The van der Waals surface area contributed by atoms with Gasteiger partial charge in [-0.2, -0.15) is 0 Å². The normalized spacial score (nSPS) is 12.0. The summed E-state index contributed by atoms with van der Waals surface area (Å²) in [6.07, 6.45) is 0. The van der Waals surface area contributed by atoms with Crippen molar-refractivity contribution in [1.29, 1.82) is 0 Å². The summed E-state index contributed by atoms with van der Waals surface area (Å²) in [4.78, 5) is 15.9. The predicted molar refractivity (Wildman–Crippen MR) is 503 cm³/mol. The summed E-state index contributed by atoms with van der Waals surface area (Å²) in [5, 5.41) is 0. The second-order valence-electron chi connectivity index (χ2n) is 31.7. The molecule has 0 aliphatic heterocycles. The number of aromatic nitrogens is 3. The Kier molecular flexibility index (Phi) is 18.2. The van der Waals surface area contributed by atoms with E-state index >= 15 is 0 Å². The van der Waals surface area contributed by atoms with E-state index in [1.165, 1.54) is 111 Å². The Morgan fingerprint density at radius 2 is 0.264 bits per heavy atom. The first-order valence-electron chi connectivity index (χ1n) is 41.6. The van der Waals surface area contributed by atoms with Gasteiger partial charge in [0.2, 0.25) is 0 Å². The molecule has 0 saturated heterocycles. The smallest absolute Gasteiger partial charge is 0.164 e. The fraction of sp³-hybridized carbons (Fsp3) is 0.00847. The molecule has 0 atom stereocenters. The first-order chi connectivity index (χ1) is 59.9. The SMILES string of the molecule is c1ccc(-c2cccc(-c3cccc(-c4cccc(-c5ccc(-c6nc(-c7ccc(-c8cccc(-c9cccc(-c%10cccc(-c%11ccccc%11)c%10)c9)c8)cc7)nc(-c7ccc(-c8cccc(-c9cccc(-c%10cccc(-c%11cccc(-c%12ccc%13c(c%12)C%12(c%14ccccc%14-c%14ccccc%14%12)c%12ccccc%12-%13)c%11)c%10)c9)c8)cc7)n6)cc5)c4)c3)c2)cc1. The lowest BCUT2D eigenvalue weighted by molar-refractivity contribution is 0.794. The highest BCUT2D eigenvalue weighted by Crippen LogP contribution is 2.63. The van der Waals surface area contributed by atoms with Crippen molar-refractivity contribution < 1.29 is 0 Å². The van der Waals surface area contributed by atoms with Gasteiger partial charge in [-0.3, -0.25) is 0 Å². The summed E-state index contributed by atoms with van der Waals surface area (Å²) < 4.78 is 0. The van der Waals surface area contributed by atoms with Gasteiger partial charge in [0.25, 0.3) is 0 Å². The Morgan fingerprint density at radius 1 is 0.107 bits per heavy atom. The molecule has 0 unspecified atom stereocenters. The van der Waals surface area contributed by atoms with Crippen LogP contribution in [-0.2, 0) is 5.41 Å². The summed E-state index contributed by atoms with van der Waals surface area (Å²) in [6.45, 7) is 0. The third-order valence-corrected chi connectivity index (χ3v) is 24.6. The fourth-order valence-corrected chi connectivity index (χ4v) is 18.5. The van der Waals surface area contributed by atoms with Gasteiger partial charge >= 0.3 is 0 Å². The zero-order valence-electron chi connectivity index (χ0n) is 66.3. The number of hydrogen-bond acceptors (Lipinski definition) is 3. The number of fused-ring (bicyclic) bond motifs is 10. The van der Waals surface area contributed by atoms with Crippen molar-refractivity contribution in [3.05, 3.63) is 489 Å². The zero-order chi connectivity index (χ0) is 80.2. The van der Waals surface area contributed by atoms with Crippen molar-refractivity contribution in [2.24, 2.45) is 0 Å². The third kappa shape index (κ3) is 13.5. The molecule has 19 aromatic carbocycles. The molecule has 121 heavy (non-hydrogen) atoms. The minimum Gasteiger partial charge on any atom is -0.208 e. The Balaban J connectivity index is 0.547. The van der Waals surface area contributed by atoms with Crippen molar-refractivity contribution in [2.75, 3.05) is 0 Å². The summed E-state index contributed by atoms with van der Waals surface area (Å²) in [5.74, 6) is 1.77. The van der Waals surface area contributed by atoms with E-state index in [4.69, 9.17) is 15.0 Å². The summed E-state index contributed by atoms with van der Waals surface area (Å²) >= 11 is 0. The number of nitrogens with zero attached hydrogens (tertiary/aromatic N) is 3. The molecule has 0 N–H and O–H groups in total. The number of benzene rings is 19. The molecule has 2 aliphatic rings. The van der Waals surface area contributed by atoms with E-state index in [1.807, 2.05) is 0 Å². The highest BCUT2D eigenvalue weighted by molar-refractivity contribution is 5.97. The van der Waals surface area contributed by atoms with Crippen LogP contribution in [0.3, 0.4) is 0 Å². The van der Waals surface area contributed by atoms with E-state index in [1.54, 1.807) is 0 Å². The van der Waals surface area contributed by atoms with Crippen molar-refractivity contribution in [2.45, 2.75) is 5.41 Å². The van der Waals surface area contributed by atoms with Gasteiger partial charge in [-0.05, 0) is 256 Å². The predicted octanol–water partition coefficient (Wildman–Crippen LogP) is 30.9. The largest absolute Gasteiger partial charge is 0.208 e. The second-order valence-corrected chi connectivity index (χ2v) is 31.7. The van der Waals surface area contributed by atoms with E-state index in [9.17, 15) is 0 Å². The van der Waals surface area contributed by atoms with Gasteiger partial charge in [0, 0.05) is 16.7 Å². The van der Waals surface area contributed by atoms with E-state index in [0.717, 1.165) is 94.6 Å². The Hall–Kier alpha value is -15.8. The van der Waals surface area contributed by atoms with Crippen molar-refractivity contribution >= 4 is 0 Å². The van der Waals surface area contributed by atoms with Crippen LogP contribution in [0.25, 0.3) is 201 Å². The Morgan fingerprint density at radius 3 is 0.496 bits per heavy atom. The van der Waals surface area contributed by atoms with Gasteiger partial charge in [0.1, 0.15) is 0 Å². The van der Waals surface area contributed by atoms with Gasteiger partial charge in [-0.1, -0.05) is 400 Å². The fourth-order valence-electron chi connectivity index (χ4n) is 18.5. The lowest BCUT2D eigenvalue weighted by Crippen LogP contribution is -2.25. The maximum atomic E-state index is 5.30. The molecule has 1 heterocycles. The topological polar surface area (TPSA) is 38.7 Å². The maximum Gasteiger partial charge on any atom is 0.164 e. The molecule has 3 heteroatoms. The first kappa shape index (κ1) is 71.7. The van der Waals surface area contributed by atoms with E-state index < -0.39 is 5.41 Å². The first-order valence-corrected chi connectivity index (χ1v) is 41.6. The highest BCUT2D eigenvalue weighted by Gasteiger charge is 2.51. The number of hydrogen-bond donors (Lipinski definition) is 0. The Labute approximate surface area is 706 Å². The minimum absolute atomic E-state index is 0.400.